The maximum Gasteiger partial charge on any atom is 0.145 e. The van der Waals surface area contributed by atoms with E-state index in [1.807, 2.05) is 14.0 Å². The first-order chi connectivity index (χ1) is 7.63. The monoisotopic (exact) mass is 219 g/mol. The van der Waals surface area contributed by atoms with E-state index >= 15 is 0 Å². The van der Waals surface area contributed by atoms with Gasteiger partial charge in [0, 0.05) is 26.2 Å². The van der Waals surface area contributed by atoms with Gasteiger partial charge in [-0.1, -0.05) is 0 Å². The van der Waals surface area contributed by atoms with Gasteiger partial charge in [0.2, 0.25) is 0 Å². The molecule has 5 nitrogen and oxygen atoms in total. The Hall–Kier alpha value is -1.54. The predicted molar refractivity (Wildman–Crippen MR) is 62.1 cm³/mol. The first kappa shape index (κ1) is 11.0. The van der Waals surface area contributed by atoms with Crippen LogP contribution >= 0.6 is 0 Å². The van der Waals surface area contributed by atoms with Crippen molar-refractivity contribution < 1.29 is 0 Å². The summed E-state index contributed by atoms with van der Waals surface area (Å²) in [5.41, 5.74) is 7.42. The molecule has 1 fully saturated rings. The number of hydrogen-bond acceptors (Lipinski definition) is 4. The van der Waals surface area contributed by atoms with Crippen molar-refractivity contribution in [2.75, 3.05) is 18.0 Å². The minimum atomic E-state index is 0.204. The summed E-state index contributed by atoms with van der Waals surface area (Å²) in [6, 6.07) is 2.44. The fourth-order valence-electron chi connectivity index (χ4n) is 2.34. The largest absolute Gasteiger partial charge is 0.354 e. The number of nitrogens with zero attached hydrogens (tertiary/aromatic N) is 4. The van der Waals surface area contributed by atoms with Gasteiger partial charge in [-0.2, -0.15) is 10.4 Å². The van der Waals surface area contributed by atoms with Crippen molar-refractivity contribution in [3.63, 3.8) is 0 Å². The van der Waals surface area contributed by atoms with Gasteiger partial charge in [-0.25, -0.2) is 0 Å². The van der Waals surface area contributed by atoms with Crippen LogP contribution in [-0.4, -0.2) is 28.9 Å². The number of anilines is 1. The number of rotatable bonds is 1. The Morgan fingerprint density at radius 2 is 2.31 bits per heavy atom. The Morgan fingerprint density at radius 1 is 1.56 bits per heavy atom. The quantitative estimate of drug-likeness (QED) is 0.748. The second-order valence-electron chi connectivity index (χ2n) is 4.37. The van der Waals surface area contributed by atoms with Gasteiger partial charge in [-0.3, -0.25) is 4.68 Å². The molecule has 2 N–H and O–H groups in total. The lowest BCUT2D eigenvalue weighted by molar-refractivity contribution is 0.496. The van der Waals surface area contributed by atoms with Gasteiger partial charge in [-0.15, -0.1) is 0 Å². The third-order valence-corrected chi connectivity index (χ3v) is 3.06. The molecule has 0 aliphatic carbocycles. The number of nitriles is 1. The summed E-state index contributed by atoms with van der Waals surface area (Å²) in [5.74, 6) is 0.912. The molecule has 1 aromatic heterocycles. The number of piperidine rings is 1. The van der Waals surface area contributed by atoms with Gasteiger partial charge in [-0.05, 0) is 19.8 Å². The van der Waals surface area contributed by atoms with E-state index < -0.39 is 0 Å². The molecule has 1 aliphatic heterocycles. The first-order valence-electron chi connectivity index (χ1n) is 5.57. The highest BCUT2D eigenvalue weighted by Crippen LogP contribution is 2.24. The molecule has 1 atom stereocenters. The van der Waals surface area contributed by atoms with E-state index in [1.165, 1.54) is 0 Å². The summed E-state index contributed by atoms with van der Waals surface area (Å²) in [6.45, 7) is 3.64. The van der Waals surface area contributed by atoms with Crippen LogP contribution in [0.4, 0.5) is 5.82 Å². The fourth-order valence-corrected chi connectivity index (χ4v) is 2.34. The Labute approximate surface area is 95.4 Å². The zero-order valence-corrected chi connectivity index (χ0v) is 9.77. The van der Waals surface area contributed by atoms with E-state index in [9.17, 15) is 0 Å². The predicted octanol–water partition coefficient (Wildman–Crippen LogP) is 0.528. The Kier molecular flexibility index (Phi) is 2.84. The fraction of sp³-hybridized carbons (Fsp3) is 0.636. The Balaban J connectivity index is 2.36. The van der Waals surface area contributed by atoms with Crippen LogP contribution in [0.1, 0.15) is 24.1 Å². The van der Waals surface area contributed by atoms with E-state index in [-0.39, 0.29) is 6.04 Å². The lowest BCUT2D eigenvalue weighted by atomic mass is 10.1. The zero-order chi connectivity index (χ0) is 11.7. The highest BCUT2D eigenvalue weighted by atomic mass is 15.4. The van der Waals surface area contributed by atoms with E-state index in [0.29, 0.717) is 5.56 Å². The molecule has 0 aromatic carbocycles. The van der Waals surface area contributed by atoms with E-state index in [1.54, 1.807) is 4.68 Å². The zero-order valence-electron chi connectivity index (χ0n) is 9.77. The van der Waals surface area contributed by atoms with Crippen molar-refractivity contribution in [3.8, 4) is 6.07 Å². The maximum atomic E-state index is 9.15. The number of aryl methyl sites for hydroxylation is 2. The second kappa shape index (κ2) is 4.14. The number of nitrogens with two attached hydrogens (primary N) is 1. The van der Waals surface area contributed by atoms with Crippen molar-refractivity contribution in [2.45, 2.75) is 25.8 Å². The lowest BCUT2D eigenvalue weighted by Gasteiger charge is -2.32. The molecule has 1 aliphatic rings. The van der Waals surface area contributed by atoms with Crippen molar-refractivity contribution >= 4 is 5.82 Å². The lowest BCUT2D eigenvalue weighted by Crippen LogP contribution is -2.43. The molecular formula is C11H17N5. The summed E-state index contributed by atoms with van der Waals surface area (Å²) >= 11 is 0. The molecule has 86 valence electrons. The highest BCUT2D eigenvalue weighted by Gasteiger charge is 2.23. The average Bonchev–Trinajstić information content (AvgIpc) is 2.52. The van der Waals surface area contributed by atoms with Crippen molar-refractivity contribution in [1.29, 1.82) is 5.26 Å². The molecule has 1 saturated heterocycles. The summed E-state index contributed by atoms with van der Waals surface area (Å²) in [6.07, 6.45) is 2.14. The van der Waals surface area contributed by atoms with Gasteiger partial charge in [0.1, 0.15) is 17.5 Å². The van der Waals surface area contributed by atoms with Crippen LogP contribution in [0.3, 0.4) is 0 Å². The molecule has 2 heterocycles. The molecule has 16 heavy (non-hydrogen) atoms. The van der Waals surface area contributed by atoms with Crippen LogP contribution in [0.2, 0.25) is 0 Å². The minimum Gasteiger partial charge on any atom is -0.354 e. The summed E-state index contributed by atoms with van der Waals surface area (Å²) in [5, 5.41) is 13.4. The van der Waals surface area contributed by atoms with Crippen LogP contribution in [0.15, 0.2) is 0 Å². The molecule has 0 spiro atoms. The molecule has 0 unspecified atom stereocenters. The molecule has 2 rings (SSSR count). The normalized spacial score (nSPS) is 20.9. The molecule has 0 saturated carbocycles. The first-order valence-corrected chi connectivity index (χ1v) is 5.57. The minimum absolute atomic E-state index is 0.204. The molecule has 0 amide bonds. The van der Waals surface area contributed by atoms with Crippen molar-refractivity contribution in [3.05, 3.63) is 11.3 Å². The Bertz CT molecular complexity index is 428. The highest BCUT2D eigenvalue weighted by molar-refractivity contribution is 5.57. The van der Waals surface area contributed by atoms with Gasteiger partial charge in [0.05, 0.1) is 5.69 Å². The van der Waals surface area contributed by atoms with Crippen LogP contribution in [0.25, 0.3) is 0 Å². The number of aromatic nitrogens is 2. The van der Waals surface area contributed by atoms with Crippen LogP contribution in [-0.2, 0) is 7.05 Å². The van der Waals surface area contributed by atoms with Crippen LogP contribution < -0.4 is 10.6 Å². The summed E-state index contributed by atoms with van der Waals surface area (Å²) in [7, 11) is 1.88. The second-order valence-corrected chi connectivity index (χ2v) is 4.37. The van der Waals surface area contributed by atoms with Gasteiger partial charge in [0.15, 0.2) is 0 Å². The SMILES string of the molecule is Cc1nn(C)c(N2CCC[C@@H](N)C2)c1C#N. The number of hydrogen-bond donors (Lipinski definition) is 1. The Morgan fingerprint density at radius 3 is 2.94 bits per heavy atom. The van der Waals surface area contributed by atoms with Crippen LogP contribution in [0.5, 0.6) is 0 Å². The third kappa shape index (κ3) is 1.76. The van der Waals surface area contributed by atoms with Gasteiger partial charge < -0.3 is 10.6 Å². The summed E-state index contributed by atoms with van der Waals surface area (Å²) in [4.78, 5) is 2.17. The van der Waals surface area contributed by atoms with E-state index in [2.05, 4.69) is 16.1 Å². The molecule has 0 bridgehead atoms. The van der Waals surface area contributed by atoms with Gasteiger partial charge >= 0.3 is 0 Å². The van der Waals surface area contributed by atoms with E-state index in [0.717, 1.165) is 37.4 Å². The molecule has 1 aromatic rings. The average molecular weight is 219 g/mol. The summed E-state index contributed by atoms with van der Waals surface area (Å²) < 4.78 is 1.78. The van der Waals surface area contributed by atoms with Crippen molar-refractivity contribution in [2.24, 2.45) is 12.8 Å². The maximum absolute atomic E-state index is 9.15. The standard InChI is InChI=1S/C11H17N5/c1-8-10(6-12)11(15(2)14-8)16-5-3-4-9(13)7-16/h9H,3-5,7,13H2,1-2H3/t9-/m1/s1. The van der Waals surface area contributed by atoms with Crippen LogP contribution in [0, 0.1) is 18.3 Å². The molecular weight excluding hydrogens is 202 g/mol. The smallest absolute Gasteiger partial charge is 0.145 e. The molecule has 0 radical (unpaired) electrons. The van der Waals surface area contributed by atoms with E-state index in [4.69, 9.17) is 11.0 Å². The van der Waals surface area contributed by atoms with Gasteiger partial charge in [0.25, 0.3) is 0 Å². The molecule has 5 heteroatoms. The topological polar surface area (TPSA) is 70.9 Å². The van der Waals surface area contributed by atoms with Crippen molar-refractivity contribution in [1.82, 2.24) is 9.78 Å². The third-order valence-electron chi connectivity index (χ3n) is 3.06.